The molecule has 3 aromatic rings. The Hall–Kier alpha value is -3.07. The number of rotatable bonds is 6. The average molecular weight is 328 g/mol. The number of anilines is 1. The molecule has 3 N–H and O–H groups in total. The van der Waals surface area contributed by atoms with E-state index in [0.29, 0.717) is 29.0 Å². The highest BCUT2D eigenvalue weighted by molar-refractivity contribution is 5.89. The summed E-state index contributed by atoms with van der Waals surface area (Å²) in [6.45, 7) is 0.283. The molecule has 0 spiro atoms. The molecule has 0 aliphatic rings. The topological polar surface area (TPSA) is 126 Å². The van der Waals surface area contributed by atoms with Crippen LogP contribution >= 0.6 is 0 Å². The molecule has 2 aromatic heterocycles. The van der Waals surface area contributed by atoms with Crippen molar-refractivity contribution in [3.63, 3.8) is 0 Å². The van der Waals surface area contributed by atoms with Crippen LogP contribution in [-0.2, 0) is 22.6 Å². The third-order valence-corrected chi connectivity index (χ3v) is 3.31. The summed E-state index contributed by atoms with van der Waals surface area (Å²) < 4.78 is 4.91. The highest BCUT2D eigenvalue weighted by Gasteiger charge is 2.09. The summed E-state index contributed by atoms with van der Waals surface area (Å²) in [4.78, 5) is 35.0. The van der Waals surface area contributed by atoms with Crippen LogP contribution in [0.5, 0.6) is 0 Å². The van der Waals surface area contributed by atoms with E-state index in [-0.39, 0.29) is 30.4 Å². The number of aromatic amines is 2. The zero-order chi connectivity index (χ0) is 16.9. The molecule has 3 rings (SSSR count). The third-order valence-electron chi connectivity index (χ3n) is 3.31. The van der Waals surface area contributed by atoms with Crippen LogP contribution in [0, 0.1) is 0 Å². The lowest BCUT2D eigenvalue weighted by atomic mass is 10.2. The molecule has 0 saturated heterocycles. The van der Waals surface area contributed by atoms with E-state index in [1.165, 1.54) is 7.11 Å². The largest absolute Gasteiger partial charge is 0.377 e. The summed E-state index contributed by atoms with van der Waals surface area (Å²) in [5.74, 6) is 0.901. The Balaban J connectivity index is 1.62. The maximum Gasteiger partial charge on any atom is 0.258 e. The molecule has 0 fully saturated rings. The van der Waals surface area contributed by atoms with E-state index in [4.69, 9.17) is 4.74 Å². The second-order valence-electron chi connectivity index (χ2n) is 5.12. The summed E-state index contributed by atoms with van der Waals surface area (Å²) in [5, 5.41) is 9.62. The minimum absolute atomic E-state index is 0.148. The van der Waals surface area contributed by atoms with E-state index in [1.807, 2.05) is 6.07 Å². The number of carbonyl (C=O) groups excluding carboxylic acids is 1. The number of amides is 1. The molecule has 2 heterocycles. The summed E-state index contributed by atoms with van der Waals surface area (Å²) >= 11 is 0. The van der Waals surface area contributed by atoms with Gasteiger partial charge in [0.25, 0.3) is 5.56 Å². The van der Waals surface area contributed by atoms with E-state index in [0.717, 1.165) is 0 Å². The quantitative estimate of drug-likeness (QED) is 0.613. The Bertz CT molecular complexity index is 917. The van der Waals surface area contributed by atoms with E-state index in [2.05, 4.69) is 30.5 Å². The van der Waals surface area contributed by atoms with Crippen LogP contribution in [0.25, 0.3) is 10.9 Å². The van der Waals surface area contributed by atoms with Gasteiger partial charge >= 0.3 is 0 Å². The van der Waals surface area contributed by atoms with Crippen molar-refractivity contribution in [1.82, 2.24) is 25.1 Å². The second-order valence-corrected chi connectivity index (χ2v) is 5.12. The molecule has 0 unspecified atom stereocenters. The fourth-order valence-corrected chi connectivity index (χ4v) is 2.22. The molecule has 9 heteroatoms. The molecular weight excluding hydrogens is 312 g/mol. The molecule has 0 aliphatic carbocycles. The standard InChI is InChI=1S/C15H16N6O3/c1-24-8-12-18-15(21-20-12)19-13(22)7-6-11-16-10-5-3-2-4-9(10)14(23)17-11/h2-5H,6-8H2,1H3,(H,16,17,23)(H2,18,19,20,21,22). The molecule has 0 aliphatic heterocycles. The first-order valence-electron chi connectivity index (χ1n) is 7.33. The number of nitrogens with one attached hydrogen (secondary N) is 3. The zero-order valence-electron chi connectivity index (χ0n) is 13.0. The Morgan fingerprint density at radius 2 is 2.08 bits per heavy atom. The van der Waals surface area contributed by atoms with Crippen LogP contribution in [0.4, 0.5) is 5.95 Å². The van der Waals surface area contributed by atoms with E-state index >= 15 is 0 Å². The number of fused-ring (bicyclic) bond motifs is 1. The molecule has 1 aromatic carbocycles. The first kappa shape index (κ1) is 15.8. The second kappa shape index (κ2) is 7.01. The van der Waals surface area contributed by atoms with Gasteiger partial charge in [-0.15, -0.1) is 5.10 Å². The van der Waals surface area contributed by atoms with Crippen LogP contribution in [0.1, 0.15) is 18.1 Å². The molecule has 0 radical (unpaired) electrons. The van der Waals surface area contributed by atoms with Crippen molar-refractivity contribution >= 4 is 22.8 Å². The average Bonchev–Trinajstić information content (AvgIpc) is 3.00. The molecule has 0 saturated carbocycles. The van der Waals surface area contributed by atoms with Gasteiger partial charge in [0.15, 0.2) is 5.82 Å². The number of nitrogens with zero attached hydrogens (tertiary/aromatic N) is 3. The fraction of sp³-hybridized carbons (Fsp3) is 0.267. The predicted octanol–water partition coefficient (Wildman–Crippen LogP) is 0.759. The first-order chi connectivity index (χ1) is 11.7. The van der Waals surface area contributed by atoms with Gasteiger partial charge in [-0.25, -0.2) is 4.98 Å². The fourth-order valence-electron chi connectivity index (χ4n) is 2.22. The monoisotopic (exact) mass is 328 g/mol. The summed E-state index contributed by atoms with van der Waals surface area (Å²) in [6.07, 6.45) is 0.455. The van der Waals surface area contributed by atoms with Crippen LogP contribution in [0.2, 0.25) is 0 Å². The predicted molar refractivity (Wildman–Crippen MR) is 86.4 cm³/mol. The number of methoxy groups -OCH3 is 1. The molecular formula is C15H16N6O3. The van der Waals surface area contributed by atoms with Gasteiger partial charge in [-0.3, -0.25) is 20.0 Å². The number of H-pyrrole nitrogens is 2. The van der Waals surface area contributed by atoms with Crippen molar-refractivity contribution < 1.29 is 9.53 Å². The molecule has 0 atom stereocenters. The normalized spacial score (nSPS) is 10.9. The van der Waals surface area contributed by atoms with Gasteiger partial charge in [0.1, 0.15) is 12.4 Å². The minimum atomic E-state index is -0.270. The molecule has 9 nitrogen and oxygen atoms in total. The van der Waals surface area contributed by atoms with Crippen molar-refractivity contribution in [2.24, 2.45) is 0 Å². The third kappa shape index (κ3) is 3.63. The Labute approximate surface area is 136 Å². The van der Waals surface area contributed by atoms with Crippen molar-refractivity contribution in [1.29, 1.82) is 0 Å². The Morgan fingerprint density at radius 1 is 1.25 bits per heavy atom. The van der Waals surface area contributed by atoms with Gasteiger partial charge in [-0.1, -0.05) is 12.1 Å². The van der Waals surface area contributed by atoms with E-state index in [9.17, 15) is 9.59 Å². The number of carbonyl (C=O) groups is 1. The van der Waals surface area contributed by atoms with E-state index < -0.39 is 0 Å². The number of para-hydroxylation sites is 1. The highest BCUT2D eigenvalue weighted by Crippen LogP contribution is 2.07. The Morgan fingerprint density at radius 3 is 2.92 bits per heavy atom. The van der Waals surface area contributed by atoms with Gasteiger partial charge in [0.05, 0.1) is 10.9 Å². The van der Waals surface area contributed by atoms with Crippen molar-refractivity contribution in [3.8, 4) is 0 Å². The van der Waals surface area contributed by atoms with Gasteiger partial charge in [-0.05, 0) is 12.1 Å². The minimum Gasteiger partial charge on any atom is -0.377 e. The van der Waals surface area contributed by atoms with Crippen LogP contribution in [0.15, 0.2) is 29.1 Å². The molecule has 1 amide bonds. The van der Waals surface area contributed by atoms with E-state index in [1.54, 1.807) is 18.2 Å². The first-order valence-corrected chi connectivity index (χ1v) is 7.33. The summed E-state index contributed by atoms with van der Waals surface area (Å²) in [6, 6.07) is 7.06. The number of benzene rings is 1. The molecule has 0 bridgehead atoms. The number of hydrogen-bond donors (Lipinski definition) is 3. The SMILES string of the molecule is COCc1nc(NC(=O)CCc2nc3ccccc3c(=O)[nH]2)n[nH]1. The van der Waals surface area contributed by atoms with Crippen LogP contribution < -0.4 is 10.9 Å². The van der Waals surface area contributed by atoms with Gasteiger partial charge in [0.2, 0.25) is 11.9 Å². The lowest BCUT2D eigenvalue weighted by Crippen LogP contribution is -2.16. The Kier molecular flexibility index (Phi) is 4.62. The van der Waals surface area contributed by atoms with Crippen LogP contribution in [-0.4, -0.2) is 38.2 Å². The number of aromatic nitrogens is 5. The summed E-state index contributed by atoms with van der Waals surface area (Å²) in [7, 11) is 1.54. The molecule has 124 valence electrons. The van der Waals surface area contributed by atoms with Crippen molar-refractivity contribution in [2.45, 2.75) is 19.4 Å². The number of ether oxygens (including phenoxy) is 1. The van der Waals surface area contributed by atoms with Crippen LogP contribution in [0.3, 0.4) is 0 Å². The lowest BCUT2D eigenvalue weighted by molar-refractivity contribution is -0.116. The lowest BCUT2D eigenvalue weighted by Gasteiger charge is -2.03. The van der Waals surface area contributed by atoms with Gasteiger partial charge in [0, 0.05) is 20.0 Å². The zero-order valence-corrected chi connectivity index (χ0v) is 13.0. The smallest absolute Gasteiger partial charge is 0.258 e. The molecule has 24 heavy (non-hydrogen) atoms. The highest BCUT2D eigenvalue weighted by atomic mass is 16.5. The summed E-state index contributed by atoms with van der Waals surface area (Å²) in [5.41, 5.74) is 0.393. The van der Waals surface area contributed by atoms with Gasteiger partial charge < -0.3 is 9.72 Å². The van der Waals surface area contributed by atoms with Gasteiger partial charge in [-0.2, -0.15) is 4.98 Å². The number of hydrogen-bond acceptors (Lipinski definition) is 6. The maximum atomic E-state index is 12.0. The van der Waals surface area contributed by atoms with Crippen molar-refractivity contribution in [3.05, 3.63) is 46.3 Å². The van der Waals surface area contributed by atoms with Crippen molar-refractivity contribution in [2.75, 3.05) is 12.4 Å². The maximum absolute atomic E-state index is 12.0. The number of aryl methyl sites for hydroxylation is 1.